The molecule has 1 amide bonds. The van der Waals surface area contributed by atoms with Gasteiger partial charge in [-0.25, -0.2) is 15.0 Å². The van der Waals surface area contributed by atoms with Crippen molar-refractivity contribution in [3.63, 3.8) is 0 Å². The Morgan fingerprint density at radius 2 is 1.19 bits per heavy atom. The van der Waals surface area contributed by atoms with E-state index in [2.05, 4.69) is 41.8 Å². The molecule has 0 atom stereocenters. The number of carbonyl (C=O) groups is 2. The van der Waals surface area contributed by atoms with Crippen LogP contribution in [0.5, 0.6) is 0 Å². The van der Waals surface area contributed by atoms with Crippen molar-refractivity contribution in [2.45, 2.75) is 13.1 Å². The highest BCUT2D eigenvalue weighted by atomic mass is 79.9. The van der Waals surface area contributed by atoms with Crippen LogP contribution in [-0.4, -0.2) is 50.0 Å². The predicted molar refractivity (Wildman–Crippen MR) is 217 cm³/mol. The van der Waals surface area contributed by atoms with Crippen LogP contribution in [-0.2, 0) is 17.9 Å². The number of para-hydroxylation sites is 2. The number of hydroxylamine groups is 2. The number of halogens is 4. The number of pyridine rings is 4. The molecule has 0 aliphatic carbocycles. The minimum atomic E-state index is -0.491. The van der Waals surface area contributed by atoms with Crippen molar-refractivity contribution in [3.05, 3.63) is 183 Å². The Morgan fingerprint density at radius 3 is 1.69 bits per heavy atom. The zero-order valence-electron chi connectivity index (χ0n) is 28.7. The molecule has 4 aromatic heterocycles. The Balaban J connectivity index is 0.000000186. The summed E-state index contributed by atoms with van der Waals surface area (Å²) in [4.78, 5) is 65.1. The van der Waals surface area contributed by atoms with E-state index in [9.17, 15) is 19.2 Å². The van der Waals surface area contributed by atoms with Crippen LogP contribution in [0.3, 0.4) is 0 Å². The summed E-state index contributed by atoms with van der Waals surface area (Å²) in [6, 6.07) is 30.2. The van der Waals surface area contributed by atoms with E-state index in [1.165, 1.54) is 20.2 Å². The van der Waals surface area contributed by atoms with E-state index in [-0.39, 0.29) is 27.0 Å². The Labute approximate surface area is 335 Å². The second-order valence-corrected chi connectivity index (χ2v) is 14.3. The lowest BCUT2D eigenvalue weighted by Crippen LogP contribution is -2.31. The van der Waals surface area contributed by atoms with Gasteiger partial charge in [0.05, 0.1) is 58.2 Å². The van der Waals surface area contributed by atoms with Crippen molar-refractivity contribution in [1.29, 1.82) is 0 Å². The number of benzene rings is 3. The monoisotopic (exact) mass is 887 g/mol. The Bertz CT molecular complexity index is 2680. The van der Waals surface area contributed by atoms with Crippen LogP contribution in [0.25, 0.3) is 21.8 Å². The third-order valence-corrected chi connectivity index (χ3v) is 10.0. The molecule has 0 N–H and O–H groups in total. The number of hydrogen-bond donors (Lipinski definition) is 0. The Hall–Kier alpha value is -4.98. The van der Waals surface area contributed by atoms with Crippen molar-refractivity contribution in [1.82, 2.24) is 24.2 Å². The van der Waals surface area contributed by atoms with Gasteiger partial charge in [-0.15, -0.1) is 0 Å². The van der Waals surface area contributed by atoms with Crippen molar-refractivity contribution in [2.75, 3.05) is 14.2 Å². The van der Waals surface area contributed by atoms with Gasteiger partial charge in [0.1, 0.15) is 14.8 Å². The molecule has 54 heavy (non-hydrogen) atoms. The molecule has 0 unspecified atom stereocenters. The molecule has 7 aromatic rings. The first-order valence-electron chi connectivity index (χ1n) is 16.2. The number of fused-ring (bicyclic) bond motifs is 2. The van der Waals surface area contributed by atoms with Gasteiger partial charge in [0.15, 0.2) is 5.78 Å². The lowest BCUT2D eigenvalue weighted by atomic mass is 10.0. The zero-order chi connectivity index (χ0) is 38.5. The lowest BCUT2D eigenvalue weighted by Gasteiger charge is -2.16. The van der Waals surface area contributed by atoms with Crippen LogP contribution in [0, 0.1) is 0 Å². The van der Waals surface area contributed by atoms with Gasteiger partial charge in [0, 0.05) is 35.8 Å². The van der Waals surface area contributed by atoms with Gasteiger partial charge in [-0.2, -0.15) is 0 Å². The highest BCUT2D eigenvalue weighted by Crippen LogP contribution is 2.24. The van der Waals surface area contributed by atoms with Gasteiger partial charge in [-0.3, -0.25) is 24.0 Å². The normalized spacial score (nSPS) is 10.9. The summed E-state index contributed by atoms with van der Waals surface area (Å²) in [5.41, 5.74) is 2.85. The van der Waals surface area contributed by atoms with E-state index in [0.717, 1.165) is 32.1 Å². The van der Waals surface area contributed by atoms with Crippen LogP contribution < -0.4 is 10.9 Å². The minimum absolute atomic E-state index is 0.0537. The molecule has 272 valence electrons. The van der Waals surface area contributed by atoms with Gasteiger partial charge in [-0.1, -0.05) is 59.6 Å². The van der Waals surface area contributed by atoms with Crippen molar-refractivity contribution >= 4 is 88.6 Å². The SMILES string of the molecule is CON(C)C(=O)c1cn(Cc2cccc(Br)n2)c2ccccc2c1=O.O=C(c1ccc(Cl)c(Cl)c1)c1cn(Cc2cccc(Br)n2)c2ccccc2c1=O. The third-order valence-electron chi connectivity index (χ3n) is 8.40. The molecule has 0 saturated carbocycles. The summed E-state index contributed by atoms with van der Waals surface area (Å²) >= 11 is 18.7. The molecule has 4 heterocycles. The minimum Gasteiger partial charge on any atom is -0.340 e. The van der Waals surface area contributed by atoms with E-state index in [0.29, 0.717) is 39.1 Å². The first-order chi connectivity index (χ1) is 25.9. The van der Waals surface area contributed by atoms with Crippen molar-refractivity contribution in [2.24, 2.45) is 0 Å². The van der Waals surface area contributed by atoms with Crippen LogP contribution in [0.1, 0.15) is 37.7 Å². The fourth-order valence-electron chi connectivity index (χ4n) is 5.74. The topological polar surface area (TPSA) is 116 Å². The molecule has 7 rings (SSSR count). The Morgan fingerprint density at radius 1 is 0.685 bits per heavy atom. The molecule has 0 aliphatic rings. The largest absolute Gasteiger partial charge is 0.340 e. The van der Waals surface area contributed by atoms with Crippen molar-refractivity contribution in [3.8, 4) is 0 Å². The number of rotatable bonds is 8. The van der Waals surface area contributed by atoms with E-state index in [1.54, 1.807) is 48.8 Å². The lowest BCUT2D eigenvalue weighted by molar-refractivity contribution is -0.0758. The van der Waals surface area contributed by atoms with Gasteiger partial charge in [-0.05, 0) is 98.6 Å². The number of ketones is 1. The first kappa shape index (κ1) is 38.7. The second kappa shape index (κ2) is 17.0. The maximum absolute atomic E-state index is 13.1. The van der Waals surface area contributed by atoms with E-state index < -0.39 is 11.7 Å². The number of nitrogens with zero attached hydrogens (tertiary/aromatic N) is 5. The number of hydrogen-bond acceptors (Lipinski definition) is 7. The number of aromatic nitrogens is 4. The number of carbonyl (C=O) groups excluding carboxylic acids is 2. The predicted octanol–water partition coefficient (Wildman–Crippen LogP) is 8.59. The third kappa shape index (κ3) is 8.53. The highest BCUT2D eigenvalue weighted by molar-refractivity contribution is 9.10. The van der Waals surface area contributed by atoms with Crippen LogP contribution >= 0.6 is 55.1 Å². The number of amides is 1. The molecule has 0 bridgehead atoms. The van der Waals surface area contributed by atoms with E-state index in [1.807, 2.05) is 69.8 Å². The van der Waals surface area contributed by atoms with Crippen LogP contribution in [0.4, 0.5) is 0 Å². The summed E-state index contributed by atoms with van der Waals surface area (Å²) in [7, 11) is 2.85. The van der Waals surface area contributed by atoms with Crippen LogP contribution in [0.2, 0.25) is 10.0 Å². The Kier molecular flexibility index (Phi) is 12.2. The molecular formula is C40H29Br2Cl2N5O5. The van der Waals surface area contributed by atoms with Gasteiger partial charge < -0.3 is 9.13 Å². The summed E-state index contributed by atoms with van der Waals surface area (Å²) < 4.78 is 5.15. The molecule has 3 aromatic carbocycles. The summed E-state index contributed by atoms with van der Waals surface area (Å²) in [5.74, 6) is -0.899. The molecule has 0 saturated heterocycles. The standard InChI is InChI=1S/C22H13BrCl2N2O2.C18H16BrN3O3/c23-20-7-3-4-14(26-20)11-27-12-16(22(29)15-5-1-2-6-19(15)27)21(28)13-8-9-17(24)18(25)10-13;1-21(25-2)18(24)14-11-22(10-12-6-5-9-16(19)20-12)15-8-4-3-7-13(15)17(14)23/h1-10,12H,11H2;3-9,11H,10H2,1-2H3. The molecule has 0 fully saturated rings. The smallest absolute Gasteiger partial charge is 0.282 e. The quantitative estimate of drug-likeness (QED) is 0.0853. The fourth-order valence-corrected chi connectivity index (χ4v) is 6.80. The molecule has 14 heteroatoms. The average Bonchev–Trinajstić information content (AvgIpc) is 3.17. The van der Waals surface area contributed by atoms with Gasteiger partial charge >= 0.3 is 0 Å². The summed E-state index contributed by atoms with van der Waals surface area (Å²) in [6.45, 7) is 0.832. The highest BCUT2D eigenvalue weighted by Gasteiger charge is 2.20. The average molecular weight is 890 g/mol. The molecule has 10 nitrogen and oxygen atoms in total. The summed E-state index contributed by atoms with van der Waals surface area (Å²) in [6.07, 6.45) is 3.14. The second-order valence-electron chi connectivity index (χ2n) is 11.9. The van der Waals surface area contributed by atoms with E-state index >= 15 is 0 Å². The molecule has 0 aliphatic heterocycles. The van der Waals surface area contributed by atoms with Crippen molar-refractivity contribution < 1.29 is 14.4 Å². The maximum Gasteiger partial charge on any atom is 0.282 e. The fraction of sp³-hybridized carbons (Fsp3) is 0.100. The van der Waals surface area contributed by atoms with Gasteiger partial charge in [0.25, 0.3) is 5.91 Å². The molecular weight excluding hydrogens is 861 g/mol. The molecule has 0 spiro atoms. The van der Waals surface area contributed by atoms with E-state index in [4.69, 9.17) is 28.0 Å². The van der Waals surface area contributed by atoms with Gasteiger partial charge in [0.2, 0.25) is 10.9 Å². The molecule has 0 radical (unpaired) electrons. The van der Waals surface area contributed by atoms with Crippen LogP contribution in [0.15, 0.2) is 134 Å². The zero-order valence-corrected chi connectivity index (χ0v) is 33.4. The maximum atomic E-state index is 13.1. The summed E-state index contributed by atoms with van der Waals surface area (Å²) in [5, 5.41) is 2.59. The first-order valence-corrected chi connectivity index (χ1v) is 18.6.